The number of methoxy groups -OCH3 is 1. The number of carbonyl (C=O) groups is 2. The zero-order chi connectivity index (χ0) is 27.2. The molecule has 0 bridgehead atoms. The van der Waals surface area contributed by atoms with Gasteiger partial charge in [0.05, 0.1) is 12.8 Å². The molecule has 0 radical (unpaired) electrons. The second kappa shape index (κ2) is 11.8. The molecule has 7 nitrogen and oxygen atoms in total. The largest absolute Gasteiger partial charge is 0.497 e. The summed E-state index contributed by atoms with van der Waals surface area (Å²) in [4.78, 5) is 32.8. The maximum atomic E-state index is 13.3. The molecule has 0 aliphatic rings. The fourth-order valence-corrected chi connectivity index (χ4v) is 4.20. The van der Waals surface area contributed by atoms with Crippen LogP contribution in [0.1, 0.15) is 35.3 Å². The van der Waals surface area contributed by atoms with Crippen molar-refractivity contribution in [3.05, 3.63) is 95.7 Å². The number of carbonyl (C=O) groups excluding carboxylic acids is 2. The van der Waals surface area contributed by atoms with Gasteiger partial charge >= 0.3 is 0 Å². The first-order valence-corrected chi connectivity index (χ1v) is 12.7. The number of nitrogens with zero attached hydrogens (tertiary/aromatic N) is 3. The fourth-order valence-electron chi connectivity index (χ4n) is 4.20. The lowest BCUT2D eigenvalue weighted by Gasteiger charge is -2.24. The topological polar surface area (TPSA) is 76.5 Å². The molecule has 1 aromatic heterocycles. The number of amides is 2. The third kappa shape index (κ3) is 6.29. The Labute approximate surface area is 224 Å². The van der Waals surface area contributed by atoms with Crippen molar-refractivity contribution in [3.63, 3.8) is 0 Å². The second-order valence-electron chi connectivity index (χ2n) is 9.81. The van der Waals surface area contributed by atoms with Crippen molar-refractivity contribution in [1.29, 1.82) is 0 Å². The summed E-state index contributed by atoms with van der Waals surface area (Å²) in [7, 11) is 1.63. The normalized spacial score (nSPS) is 10.9. The van der Waals surface area contributed by atoms with Gasteiger partial charge in [0, 0.05) is 29.6 Å². The van der Waals surface area contributed by atoms with Gasteiger partial charge in [-0.2, -0.15) is 0 Å². The average Bonchev–Trinajstić information content (AvgIpc) is 3.33. The van der Waals surface area contributed by atoms with Gasteiger partial charge in [-0.15, -0.1) is 0 Å². The van der Waals surface area contributed by atoms with Crippen LogP contribution in [0.15, 0.2) is 79.0 Å². The highest BCUT2D eigenvalue weighted by atomic mass is 16.5. The fraction of sp³-hybridized carbons (Fsp3) is 0.258. The van der Waals surface area contributed by atoms with E-state index in [4.69, 9.17) is 9.72 Å². The highest BCUT2D eigenvalue weighted by molar-refractivity contribution is 5.99. The van der Waals surface area contributed by atoms with E-state index < -0.39 is 0 Å². The number of aryl methyl sites for hydroxylation is 2. The molecule has 1 N–H and O–H groups in total. The van der Waals surface area contributed by atoms with E-state index in [1.807, 2.05) is 79.2 Å². The quantitative estimate of drug-likeness (QED) is 0.304. The Morgan fingerprint density at radius 1 is 0.974 bits per heavy atom. The van der Waals surface area contributed by atoms with Crippen molar-refractivity contribution >= 4 is 17.8 Å². The summed E-state index contributed by atoms with van der Waals surface area (Å²) in [5.74, 6) is 0.859. The van der Waals surface area contributed by atoms with Crippen molar-refractivity contribution in [2.24, 2.45) is 5.92 Å². The Bertz CT molecular complexity index is 1410. The molecule has 3 aromatic carbocycles. The molecule has 196 valence electrons. The first-order valence-electron chi connectivity index (χ1n) is 12.7. The van der Waals surface area contributed by atoms with E-state index in [2.05, 4.69) is 25.2 Å². The summed E-state index contributed by atoms with van der Waals surface area (Å²) >= 11 is 0. The van der Waals surface area contributed by atoms with Crippen LogP contribution in [0.2, 0.25) is 0 Å². The predicted octanol–water partition coefficient (Wildman–Crippen LogP) is 5.90. The average molecular weight is 511 g/mol. The highest BCUT2D eigenvalue weighted by Crippen LogP contribution is 2.27. The maximum absolute atomic E-state index is 13.3. The number of rotatable bonds is 9. The van der Waals surface area contributed by atoms with Crippen LogP contribution in [0.5, 0.6) is 5.75 Å². The Morgan fingerprint density at radius 3 is 2.32 bits per heavy atom. The minimum absolute atomic E-state index is 0.0798. The Balaban J connectivity index is 1.64. The number of benzene rings is 3. The minimum Gasteiger partial charge on any atom is -0.497 e. The number of anilines is 1. The van der Waals surface area contributed by atoms with E-state index in [9.17, 15) is 9.59 Å². The summed E-state index contributed by atoms with van der Waals surface area (Å²) in [5, 5.41) is 2.96. The Kier molecular flexibility index (Phi) is 8.26. The molecule has 0 fully saturated rings. The van der Waals surface area contributed by atoms with Crippen LogP contribution in [0.25, 0.3) is 16.9 Å². The van der Waals surface area contributed by atoms with Crippen LogP contribution >= 0.6 is 0 Å². The van der Waals surface area contributed by atoms with Crippen molar-refractivity contribution in [3.8, 4) is 22.7 Å². The number of hydrogen-bond acceptors (Lipinski definition) is 4. The van der Waals surface area contributed by atoms with Crippen molar-refractivity contribution in [2.45, 2.75) is 27.7 Å². The number of nitrogens with one attached hydrogen (secondary N) is 1. The summed E-state index contributed by atoms with van der Waals surface area (Å²) in [6.45, 7) is 8.55. The third-order valence-corrected chi connectivity index (χ3v) is 6.34. The first-order chi connectivity index (χ1) is 18.2. The van der Waals surface area contributed by atoms with Crippen molar-refractivity contribution in [2.75, 3.05) is 25.5 Å². The van der Waals surface area contributed by atoms with Gasteiger partial charge in [0.15, 0.2) is 0 Å². The molecule has 7 heteroatoms. The lowest BCUT2D eigenvalue weighted by molar-refractivity contribution is -0.117. The van der Waals surface area contributed by atoms with Crippen LogP contribution in [-0.2, 0) is 4.79 Å². The molecule has 0 spiro atoms. The molecule has 0 atom stereocenters. The molecule has 0 unspecified atom stereocenters. The van der Waals surface area contributed by atoms with Gasteiger partial charge in [0.2, 0.25) is 11.9 Å². The van der Waals surface area contributed by atoms with E-state index in [1.165, 1.54) is 5.56 Å². The standard InChI is InChI=1S/C31H34N4O3/c1-21(2)18-34(30(37)25-9-7-6-8-10-25)20-29(36)33-31-32-28(24-12-15-27(38-5)16-13-24)19-35(31)26-14-11-22(3)23(4)17-26/h6-17,19,21H,18,20H2,1-5H3,(H,32,33,36). The minimum atomic E-state index is -0.313. The first kappa shape index (κ1) is 26.7. The van der Waals surface area contributed by atoms with Gasteiger partial charge < -0.3 is 9.64 Å². The van der Waals surface area contributed by atoms with E-state index in [0.29, 0.717) is 23.8 Å². The maximum Gasteiger partial charge on any atom is 0.254 e. The van der Waals surface area contributed by atoms with E-state index in [-0.39, 0.29) is 24.3 Å². The van der Waals surface area contributed by atoms with Gasteiger partial charge in [-0.25, -0.2) is 4.98 Å². The molecule has 4 aromatic rings. The highest BCUT2D eigenvalue weighted by Gasteiger charge is 2.22. The molecule has 38 heavy (non-hydrogen) atoms. The van der Waals surface area contributed by atoms with Crippen LogP contribution in [0.4, 0.5) is 5.95 Å². The van der Waals surface area contributed by atoms with E-state index in [0.717, 1.165) is 22.6 Å². The van der Waals surface area contributed by atoms with Crippen LogP contribution in [-0.4, -0.2) is 46.5 Å². The van der Waals surface area contributed by atoms with Gasteiger partial charge in [0.1, 0.15) is 12.3 Å². The number of hydrogen-bond donors (Lipinski definition) is 1. The molecule has 0 aliphatic carbocycles. The van der Waals surface area contributed by atoms with Crippen molar-refractivity contribution < 1.29 is 14.3 Å². The number of ether oxygens (including phenoxy) is 1. The zero-order valence-corrected chi connectivity index (χ0v) is 22.6. The zero-order valence-electron chi connectivity index (χ0n) is 22.6. The molecule has 0 aliphatic heterocycles. The predicted molar refractivity (Wildman–Crippen MR) is 151 cm³/mol. The van der Waals surface area contributed by atoms with Crippen LogP contribution in [0, 0.1) is 19.8 Å². The SMILES string of the molecule is COc1ccc(-c2cn(-c3ccc(C)c(C)c3)c(NC(=O)CN(CC(C)C)C(=O)c3ccccc3)n2)cc1. The summed E-state index contributed by atoms with van der Waals surface area (Å²) in [6.07, 6.45) is 1.91. The van der Waals surface area contributed by atoms with Gasteiger partial charge in [-0.1, -0.05) is 38.1 Å². The molecular weight excluding hydrogens is 476 g/mol. The Morgan fingerprint density at radius 2 is 1.68 bits per heavy atom. The lowest BCUT2D eigenvalue weighted by Crippen LogP contribution is -2.40. The van der Waals surface area contributed by atoms with E-state index >= 15 is 0 Å². The van der Waals surface area contributed by atoms with Gasteiger partial charge in [0.25, 0.3) is 5.91 Å². The van der Waals surface area contributed by atoms with Gasteiger partial charge in [-0.3, -0.25) is 19.5 Å². The summed E-state index contributed by atoms with van der Waals surface area (Å²) in [5.41, 5.74) is 5.36. The van der Waals surface area contributed by atoms with Gasteiger partial charge in [-0.05, 0) is 79.4 Å². The van der Waals surface area contributed by atoms with E-state index in [1.54, 1.807) is 24.1 Å². The number of aromatic nitrogens is 2. The summed E-state index contributed by atoms with van der Waals surface area (Å²) < 4.78 is 7.15. The third-order valence-electron chi connectivity index (χ3n) is 6.34. The second-order valence-corrected chi connectivity index (χ2v) is 9.81. The lowest BCUT2D eigenvalue weighted by atomic mass is 10.1. The smallest absolute Gasteiger partial charge is 0.254 e. The molecule has 0 saturated carbocycles. The summed E-state index contributed by atoms with van der Waals surface area (Å²) in [6, 6.07) is 22.8. The monoisotopic (exact) mass is 510 g/mol. The van der Waals surface area contributed by atoms with Crippen molar-refractivity contribution in [1.82, 2.24) is 14.5 Å². The number of imidazole rings is 1. The molecule has 1 heterocycles. The molecular formula is C31H34N4O3. The molecule has 0 saturated heterocycles. The van der Waals surface area contributed by atoms with Crippen LogP contribution in [0.3, 0.4) is 0 Å². The molecule has 4 rings (SSSR count). The van der Waals surface area contributed by atoms with Crippen LogP contribution < -0.4 is 10.1 Å². The molecule has 2 amide bonds. The Hall–Kier alpha value is -4.39.